The second-order valence-electron chi connectivity index (χ2n) is 5.17. The summed E-state index contributed by atoms with van der Waals surface area (Å²) < 4.78 is 18.4. The molecule has 0 radical (unpaired) electrons. The van der Waals surface area contributed by atoms with Crippen LogP contribution in [0, 0.1) is 12.7 Å². The molecule has 0 unspecified atom stereocenters. The topological polar surface area (TPSA) is 29.5 Å². The predicted molar refractivity (Wildman–Crippen MR) is 79.1 cm³/mol. The van der Waals surface area contributed by atoms with Crippen molar-refractivity contribution in [3.05, 3.63) is 59.4 Å². The largest absolute Gasteiger partial charge is 0.484 e. The average molecular weight is 285 g/mol. The Morgan fingerprint density at radius 1 is 1.29 bits per heavy atom. The molecule has 0 atom stereocenters. The highest BCUT2D eigenvalue weighted by molar-refractivity contribution is 5.96. The fourth-order valence-electron chi connectivity index (χ4n) is 2.57. The number of benzene rings is 2. The zero-order valence-corrected chi connectivity index (χ0v) is 11.8. The van der Waals surface area contributed by atoms with Gasteiger partial charge in [-0.05, 0) is 37.1 Å². The van der Waals surface area contributed by atoms with Gasteiger partial charge in [-0.1, -0.05) is 23.8 Å². The molecule has 2 aromatic rings. The lowest BCUT2D eigenvalue weighted by molar-refractivity contribution is -0.120. The summed E-state index contributed by atoms with van der Waals surface area (Å²) >= 11 is 0. The number of nitrogens with zero attached hydrogens (tertiary/aromatic N) is 1. The predicted octanol–water partition coefficient (Wildman–Crippen LogP) is 3.10. The molecule has 0 saturated heterocycles. The van der Waals surface area contributed by atoms with Gasteiger partial charge in [-0.25, -0.2) is 4.39 Å². The monoisotopic (exact) mass is 285 g/mol. The maximum Gasteiger partial charge on any atom is 0.264 e. The summed E-state index contributed by atoms with van der Waals surface area (Å²) in [4.78, 5) is 14.0. The van der Waals surface area contributed by atoms with E-state index < -0.39 is 0 Å². The van der Waals surface area contributed by atoms with E-state index in [4.69, 9.17) is 4.74 Å². The van der Waals surface area contributed by atoms with E-state index in [2.05, 4.69) is 6.07 Å². The minimum Gasteiger partial charge on any atom is -0.484 e. The van der Waals surface area contributed by atoms with E-state index in [1.54, 1.807) is 17.0 Å². The average Bonchev–Trinajstić information content (AvgIpc) is 2.88. The number of carbonyl (C=O) groups is 1. The molecule has 3 rings (SSSR count). The number of rotatable bonds is 3. The molecule has 4 heteroatoms. The molecule has 108 valence electrons. The van der Waals surface area contributed by atoms with E-state index in [9.17, 15) is 9.18 Å². The zero-order chi connectivity index (χ0) is 14.8. The van der Waals surface area contributed by atoms with Crippen molar-refractivity contribution in [2.24, 2.45) is 0 Å². The van der Waals surface area contributed by atoms with Crippen LogP contribution in [-0.2, 0) is 11.2 Å². The third kappa shape index (κ3) is 2.89. The van der Waals surface area contributed by atoms with E-state index in [0.29, 0.717) is 12.3 Å². The van der Waals surface area contributed by atoms with Gasteiger partial charge in [-0.15, -0.1) is 0 Å². The number of ether oxygens (including phenoxy) is 1. The van der Waals surface area contributed by atoms with Crippen LogP contribution < -0.4 is 9.64 Å². The van der Waals surface area contributed by atoms with Crippen LogP contribution in [-0.4, -0.2) is 19.1 Å². The van der Waals surface area contributed by atoms with Gasteiger partial charge in [0.25, 0.3) is 5.91 Å². The summed E-state index contributed by atoms with van der Waals surface area (Å²) in [5.74, 6) is -0.115. The number of hydrogen-bond acceptors (Lipinski definition) is 2. The first-order chi connectivity index (χ1) is 10.1. The molecule has 0 N–H and O–H groups in total. The highest BCUT2D eigenvalue weighted by atomic mass is 19.1. The van der Waals surface area contributed by atoms with Crippen molar-refractivity contribution in [2.75, 3.05) is 18.1 Å². The summed E-state index contributed by atoms with van der Waals surface area (Å²) in [7, 11) is 0. The van der Waals surface area contributed by atoms with Gasteiger partial charge in [0, 0.05) is 18.3 Å². The number of hydrogen-bond donors (Lipinski definition) is 0. The van der Waals surface area contributed by atoms with Gasteiger partial charge in [-0.3, -0.25) is 4.79 Å². The number of anilines is 1. The normalized spacial score (nSPS) is 13.1. The number of halogens is 1. The Balaban J connectivity index is 1.68. The summed E-state index contributed by atoms with van der Waals surface area (Å²) in [5.41, 5.74) is 3.33. The maximum atomic E-state index is 13.1. The van der Waals surface area contributed by atoms with E-state index in [-0.39, 0.29) is 18.3 Å². The minimum absolute atomic E-state index is 0.0865. The maximum absolute atomic E-state index is 13.1. The minimum atomic E-state index is -0.373. The second kappa shape index (κ2) is 5.56. The second-order valence-corrected chi connectivity index (χ2v) is 5.17. The Kier molecular flexibility index (Phi) is 3.60. The van der Waals surface area contributed by atoms with Crippen LogP contribution in [0.4, 0.5) is 10.1 Å². The fraction of sp³-hybridized carbons (Fsp3) is 0.235. The Bertz CT molecular complexity index is 684. The van der Waals surface area contributed by atoms with Crippen molar-refractivity contribution >= 4 is 11.6 Å². The fourth-order valence-corrected chi connectivity index (χ4v) is 2.57. The molecule has 1 heterocycles. The van der Waals surface area contributed by atoms with E-state index >= 15 is 0 Å². The quantitative estimate of drug-likeness (QED) is 0.867. The van der Waals surface area contributed by atoms with Crippen molar-refractivity contribution in [1.82, 2.24) is 0 Å². The Hall–Kier alpha value is -2.36. The molecule has 0 aromatic heterocycles. The SMILES string of the molecule is Cc1ccc2c(c1)CCN2C(=O)COc1cccc(F)c1. The third-order valence-corrected chi connectivity index (χ3v) is 3.59. The van der Waals surface area contributed by atoms with Gasteiger partial charge in [0.1, 0.15) is 11.6 Å². The van der Waals surface area contributed by atoms with Crippen molar-refractivity contribution in [1.29, 1.82) is 0 Å². The van der Waals surface area contributed by atoms with Crippen LogP contribution in [0.5, 0.6) is 5.75 Å². The summed E-state index contributed by atoms with van der Waals surface area (Å²) in [6.07, 6.45) is 0.864. The van der Waals surface area contributed by atoms with Crippen molar-refractivity contribution < 1.29 is 13.9 Å². The first-order valence-corrected chi connectivity index (χ1v) is 6.92. The third-order valence-electron chi connectivity index (χ3n) is 3.59. The molecule has 1 aliphatic heterocycles. The van der Waals surface area contributed by atoms with E-state index in [1.807, 2.05) is 19.1 Å². The lowest BCUT2D eigenvalue weighted by atomic mass is 10.1. The van der Waals surface area contributed by atoms with Gasteiger partial charge < -0.3 is 9.64 Å². The van der Waals surface area contributed by atoms with Crippen LogP contribution in [0.1, 0.15) is 11.1 Å². The Morgan fingerprint density at radius 3 is 2.95 bits per heavy atom. The number of amides is 1. The van der Waals surface area contributed by atoms with Crippen LogP contribution in [0.3, 0.4) is 0 Å². The van der Waals surface area contributed by atoms with Gasteiger partial charge in [-0.2, -0.15) is 0 Å². The molecule has 1 amide bonds. The smallest absolute Gasteiger partial charge is 0.264 e. The lowest BCUT2D eigenvalue weighted by Gasteiger charge is -2.17. The van der Waals surface area contributed by atoms with Gasteiger partial charge in [0.15, 0.2) is 6.61 Å². The molecule has 0 bridgehead atoms. The van der Waals surface area contributed by atoms with Gasteiger partial charge >= 0.3 is 0 Å². The van der Waals surface area contributed by atoms with Crippen LogP contribution in [0.25, 0.3) is 0 Å². The molecule has 0 fully saturated rings. The molecule has 2 aromatic carbocycles. The highest BCUT2D eigenvalue weighted by Gasteiger charge is 2.24. The van der Waals surface area contributed by atoms with E-state index in [0.717, 1.165) is 12.1 Å². The van der Waals surface area contributed by atoms with Crippen molar-refractivity contribution in [3.8, 4) is 5.75 Å². The van der Waals surface area contributed by atoms with E-state index in [1.165, 1.54) is 23.3 Å². The van der Waals surface area contributed by atoms with Crippen LogP contribution >= 0.6 is 0 Å². The molecular weight excluding hydrogens is 269 g/mol. The molecule has 0 spiro atoms. The Morgan fingerprint density at radius 2 is 2.14 bits per heavy atom. The van der Waals surface area contributed by atoms with Crippen molar-refractivity contribution in [2.45, 2.75) is 13.3 Å². The zero-order valence-electron chi connectivity index (χ0n) is 11.8. The highest BCUT2D eigenvalue weighted by Crippen LogP contribution is 2.28. The standard InChI is InChI=1S/C17H16FNO2/c1-12-5-6-16-13(9-12)7-8-19(16)17(20)11-21-15-4-2-3-14(18)10-15/h2-6,9-10H,7-8,11H2,1H3. The van der Waals surface area contributed by atoms with Crippen LogP contribution in [0.15, 0.2) is 42.5 Å². The molecule has 21 heavy (non-hydrogen) atoms. The molecule has 1 aliphatic rings. The summed E-state index contributed by atoms with van der Waals surface area (Å²) in [6, 6.07) is 11.9. The van der Waals surface area contributed by atoms with Crippen LogP contribution in [0.2, 0.25) is 0 Å². The first kappa shape index (κ1) is 13.6. The summed E-state index contributed by atoms with van der Waals surface area (Å²) in [5, 5.41) is 0. The molecule has 0 aliphatic carbocycles. The number of fused-ring (bicyclic) bond motifs is 1. The first-order valence-electron chi connectivity index (χ1n) is 6.92. The number of aryl methyl sites for hydroxylation is 1. The summed E-state index contributed by atoms with van der Waals surface area (Å²) in [6.45, 7) is 2.62. The molecule has 3 nitrogen and oxygen atoms in total. The van der Waals surface area contributed by atoms with Gasteiger partial charge in [0.2, 0.25) is 0 Å². The van der Waals surface area contributed by atoms with Gasteiger partial charge in [0.05, 0.1) is 0 Å². The number of carbonyl (C=O) groups excluding carboxylic acids is 1. The van der Waals surface area contributed by atoms with Crippen molar-refractivity contribution in [3.63, 3.8) is 0 Å². The molecule has 0 saturated carbocycles. The lowest BCUT2D eigenvalue weighted by Crippen LogP contribution is -2.33. The Labute approximate surface area is 123 Å². The molecular formula is C17H16FNO2.